The van der Waals surface area contributed by atoms with Gasteiger partial charge in [-0.2, -0.15) is 0 Å². The molecule has 2 atom stereocenters. The van der Waals surface area contributed by atoms with E-state index >= 15 is 0 Å². The molecule has 1 unspecified atom stereocenters. The number of aromatic nitrogens is 2. The number of methoxy groups -OCH3 is 1. The summed E-state index contributed by atoms with van der Waals surface area (Å²) in [4.78, 5) is 9.87. The third-order valence-electron chi connectivity index (χ3n) is 5.03. The average molecular weight is 420 g/mol. The quantitative estimate of drug-likeness (QED) is 0.643. The molecule has 1 fully saturated rings. The lowest BCUT2D eigenvalue weighted by Gasteiger charge is -2.22. The van der Waals surface area contributed by atoms with E-state index in [9.17, 15) is 0 Å². The second-order valence-corrected chi connectivity index (χ2v) is 7.47. The Morgan fingerprint density at radius 2 is 1.93 bits per heavy atom. The molecule has 1 saturated heterocycles. The molecule has 0 amide bonds. The SMILES string of the molecule is CCCO[C@@H]1COCC1Nc1nc(CC)c(-c2ccc(OC)cc2Cl)nc1CC. The monoisotopic (exact) mass is 419 g/mol. The summed E-state index contributed by atoms with van der Waals surface area (Å²) in [6.07, 6.45) is 2.52. The van der Waals surface area contributed by atoms with Gasteiger partial charge in [-0.1, -0.05) is 32.4 Å². The Morgan fingerprint density at radius 3 is 2.59 bits per heavy atom. The average Bonchev–Trinajstić information content (AvgIpc) is 3.18. The van der Waals surface area contributed by atoms with Crippen molar-refractivity contribution in [1.82, 2.24) is 9.97 Å². The van der Waals surface area contributed by atoms with Crippen LogP contribution in [-0.4, -0.2) is 49.0 Å². The topological polar surface area (TPSA) is 65.5 Å². The highest BCUT2D eigenvalue weighted by atomic mass is 35.5. The second kappa shape index (κ2) is 10.2. The first-order chi connectivity index (χ1) is 14.1. The van der Waals surface area contributed by atoms with Gasteiger partial charge in [0.25, 0.3) is 0 Å². The van der Waals surface area contributed by atoms with Crippen LogP contribution < -0.4 is 10.1 Å². The number of nitrogens with one attached hydrogen (secondary N) is 1. The largest absolute Gasteiger partial charge is 0.497 e. The smallest absolute Gasteiger partial charge is 0.148 e. The summed E-state index contributed by atoms with van der Waals surface area (Å²) in [6.45, 7) is 8.20. The van der Waals surface area contributed by atoms with Crippen LogP contribution >= 0.6 is 11.6 Å². The van der Waals surface area contributed by atoms with Crippen LogP contribution in [-0.2, 0) is 22.3 Å². The third kappa shape index (κ3) is 5.00. The van der Waals surface area contributed by atoms with Crippen molar-refractivity contribution in [2.45, 2.75) is 52.2 Å². The van der Waals surface area contributed by atoms with Crippen molar-refractivity contribution in [3.05, 3.63) is 34.6 Å². The van der Waals surface area contributed by atoms with Crippen LogP contribution in [0.4, 0.5) is 5.82 Å². The van der Waals surface area contributed by atoms with Gasteiger partial charge >= 0.3 is 0 Å². The summed E-state index contributed by atoms with van der Waals surface area (Å²) in [6, 6.07) is 5.71. The number of aryl methyl sites for hydroxylation is 2. The Kier molecular flexibility index (Phi) is 7.70. The number of rotatable bonds is 9. The van der Waals surface area contributed by atoms with Crippen LogP contribution in [0.1, 0.15) is 38.6 Å². The van der Waals surface area contributed by atoms with Gasteiger partial charge in [0, 0.05) is 12.2 Å². The molecule has 0 radical (unpaired) electrons. The molecule has 0 bridgehead atoms. The van der Waals surface area contributed by atoms with Gasteiger partial charge in [-0.05, 0) is 37.5 Å². The predicted molar refractivity (Wildman–Crippen MR) is 116 cm³/mol. The fraction of sp³-hybridized carbons (Fsp3) is 0.545. The van der Waals surface area contributed by atoms with Crippen molar-refractivity contribution in [3.8, 4) is 17.0 Å². The van der Waals surface area contributed by atoms with Crippen molar-refractivity contribution >= 4 is 17.4 Å². The van der Waals surface area contributed by atoms with E-state index in [1.165, 1.54) is 0 Å². The van der Waals surface area contributed by atoms with Crippen LogP contribution in [0.3, 0.4) is 0 Å². The molecule has 0 spiro atoms. The van der Waals surface area contributed by atoms with Gasteiger partial charge in [0.15, 0.2) is 0 Å². The minimum absolute atomic E-state index is 0.0299. The van der Waals surface area contributed by atoms with E-state index < -0.39 is 0 Å². The van der Waals surface area contributed by atoms with E-state index in [-0.39, 0.29) is 12.1 Å². The Bertz CT molecular complexity index is 831. The minimum Gasteiger partial charge on any atom is -0.497 e. The maximum Gasteiger partial charge on any atom is 0.148 e. The Labute approximate surface area is 177 Å². The van der Waals surface area contributed by atoms with Crippen LogP contribution in [0.2, 0.25) is 5.02 Å². The summed E-state index contributed by atoms with van der Waals surface area (Å²) in [5, 5.41) is 4.13. The maximum absolute atomic E-state index is 6.52. The Balaban J connectivity index is 1.92. The lowest BCUT2D eigenvalue weighted by atomic mass is 10.1. The van der Waals surface area contributed by atoms with Gasteiger partial charge in [0.1, 0.15) is 17.7 Å². The molecule has 6 nitrogen and oxygen atoms in total. The molecule has 1 aliphatic heterocycles. The van der Waals surface area contributed by atoms with Gasteiger partial charge in [0.2, 0.25) is 0 Å². The molecule has 3 rings (SSSR count). The molecule has 7 heteroatoms. The predicted octanol–water partition coefficient (Wildman–Crippen LogP) is 4.54. The molecule has 1 aromatic carbocycles. The summed E-state index contributed by atoms with van der Waals surface area (Å²) in [5.74, 6) is 1.52. The van der Waals surface area contributed by atoms with Gasteiger partial charge in [-0.15, -0.1) is 0 Å². The van der Waals surface area contributed by atoms with Crippen LogP contribution in [0.25, 0.3) is 11.3 Å². The zero-order chi connectivity index (χ0) is 20.8. The number of halogens is 1. The van der Waals surface area contributed by atoms with E-state index in [2.05, 4.69) is 26.1 Å². The molecule has 2 heterocycles. The second-order valence-electron chi connectivity index (χ2n) is 7.06. The van der Waals surface area contributed by atoms with Crippen LogP contribution in [0, 0.1) is 0 Å². The summed E-state index contributed by atoms with van der Waals surface area (Å²) in [7, 11) is 1.63. The lowest BCUT2D eigenvalue weighted by molar-refractivity contribution is 0.0400. The molecular weight excluding hydrogens is 390 g/mol. The standard InChI is InChI=1S/C22H30ClN3O3/c1-5-10-29-20-13-28-12-19(20)26-22-18(7-3)24-21(17(6-2)25-22)15-9-8-14(27-4)11-16(15)23/h8-9,11,19-20H,5-7,10,12-13H2,1-4H3,(H,25,26)/t19?,20-/m1/s1. The molecule has 29 heavy (non-hydrogen) atoms. The van der Waals surface area contributed by atoms with Crippen LogP contribution in [0.5, 0.6) is 5.75 Å². The first-order valence-corrected chi connectivity index (χ1v) is 10.7. The first kappa shape index (κ1) is 21.8. The van der Waals surface area contributed by atoms with E-state index in [0.717, 1.165) is 60.1 Å². The number of nitrogens with zero attached hydrogens (tertiary/aromatic N) is 2. The van der Waals surface area contributed by atoms with Crippen molar-refractivity contribution in [1.29, 1.82) is 0 Å². The van der Waals surface area contributed by atoms with E-state index in [0.29, 0.717) is 18.2 Å². The van der Waals surface area contributed by atoms with Crippen molar-refractivity contribution < 1.29 is 14.2 Å². The number of anilines is 1. The first-order valence-electron chi connectivity index (χ1n) is 10.3. The highest BCUT2D eigenvalue weighted by Gasteiger charge is 2.30. The summed E-state index contributed by atoms with van der Waals surface area (Å²) < 4.78 is 16.8. The number of hydrogen-bond acceptors (Lipinski definition) is 6. The Morgan fingerprint density at radius 1 is 1.14 bits per heavy atom. The van der Waals surface area contributed by atoms with Crippen LogP contribution in [0.15, 0.2) is 18.2 Å². The molecule has 1 aliphatic rings. The normalized spacial score (nSPS) is 18.8. The van der Waals surface area contributed by atoms with E-state index in [1.807, 2.05) is 12.1 Å². The van der Waals surface area contributed by atoms with E-state index in [4.69, 9.17) is 35.8 Å². The fourth-order valence-corrected chi connectivity index (χ4v) is 3.68. The van der Waals surface area contributed by atoms with Crippen molar-refractivity contribution in [2.75, 3.05) is 32.2 Å². The van der Waals surface area contributed by atoms with Crippen molar-refractivity contribution in [2.24, 2.45) is 0 Å². The zero-order valence-electron chi connectivity index (χ0n) is 17.6. The number of ether oxygens (including phenoxy) is 3. The molecule has 2 aromatic rings. The Hall–Kier alpha value is -1.89. The van der Waals surface area contributed by atoms with Crippen molar-refractivity contribution in [3.63, 3.8) is 0 Å². The molecule has 1 aromatic heterocycles. The fourth-order valence-electron chi connectivity index (χ4n) is 3.42. The number of hydrogen-bond donors (Lipinski definition) is 1. The molecule has 1 N–H and O–H groups in total. The highest BCUT2D eigenvalue weighted by molar-refractivity contribution is 6.33. The van der Waals surface area contributed by atoms with Gasteiger partial charge < -0.3 is 19.5 Å². The van der Waals surface area contributed by atoms with Gasteiger partial charge in [0.05, 0.1) is 48.5 Å². The zero-order valence-corrected chi connectivity index (χ0v) is 18.4. The third-order valence-corrected chi connectivity index (χ3v) is 5.34. The minimum atomic E-state index is 0.0299. The summed E-state index contributed by atoms with van der Waals surface area (Å²) in [5.41, 5.74) is 3.50. The van der Waals surface area contributed by atoms with Gasteiger partial charge in [-0.3, -0.25) is 0 Å². The molecule has 0 aliphatic carbocycles. The number of benzene rings is 1. The highest BCUT2D eigenvalue weighted by Crippen LogP contribution is 2.33. The molecule has 158 valence electrons. The summed E-state index contributed by atoms with van der Waals surface area (Å²) >= 11 is 6.52. The van der Waals surface area contributed by atoms with Gasteiger partial charge in [-0.25, -0.2) is 9.97 Å². The van der Waals surface area contributed by atoms with E-state index in [1.54, 1.807) is 13.2 Å². The molecular formula is C22H30ClN3O3. The lowest BCUT2D eigenvalue weighted by Crippen LogP contribution is -2.35. The molecule has 0 saturated carbocycles. The maximum atomic E-state index is 6.52.